The first kappa shape index (κ1) is 22.3. The molecule has 2 heterocycles. The van der Waals surface area contributed by atoms with Gasteiger partial charge in [-0.3, -0.25) is 4.79 Å². The van der Waals surface area contributed by atoms with Gasteiger partial charge in [0.25, 0.3) is 0 Å². The van der Waals surface area contributed by atoms with Gasteiger partial charge in [-0.1, -0.05) is 23.9 Å². The van der Waals surface area contributed by atoms with Crippen LogP contribution in [0, 0.1) is 0 Å². The van der Waals surface area contributed by atoms with Crippen LogP contribution < -0.4 is 10.1 Å². The van der Waals surface area contributed by atoms with E-state index in [-0.39, 0.29) is 11.7 Å². The molecular weight excluding hydrogens is 448 g/mol. The number of aryl methyl sites for hydroxylation is 1. The smallest absolute Gasteiger partial charge is 0.341 e. The second-order valence-electron chi connectivity index (χ2n) is 7.37. The first-order chi connectivity index (χ1) is 15.5. The van der Waals surface area contributed by atoms with Crippen molar-refractivity contribution in [3.05, 3.63) is 51.7 Å². The molecule has 32 heavy (non-hydrogen) atoms. The molecule has 0 saturated carbocycles. The number of thioether (sulfide) groups is 1. The monoisotopic (exact) mass is 472 g/mol. The van der Waals surface area contributed by atoms with Gasteiger partial charge >= 0.3 is 5.97 Å². The molecule has 0 bridgehead atoms. The fourth-order valence-corrected chi connectivity index (χ4v) is 5.68. The lowest BCUT2D eigenvalue weighted by atomic mass is 10.1. The van der Waals surface area contributed by atoms with Crippen LogP contribution in [0.3, 0.4) is 0 Å². The molecule has 0 spiro atoms. The number of benzene rings is 1. The predicted molar refractivity (Wildman–Crippen MR) is 124 cm³/mol. The molecule has 1 amide bonds. The van der Waals surface area contributed by atoms with E-state index in [0.717, 1.165) is 46.8 Å². The summed E-state index contributed by atoms with van der Waals surface area (Å²) in [6.45, 7) is 0. The van der Waals surface area contributed by atoms with E-state index < -0.39 is 5.97 Å². The summed E-state index contributed by atoms with van der Waals surface area (Å²) in [5, 5.41) is 12.6. The molecule has 10 heteroatoms. The number of methoxy groups -OCH3 is 2. The summed E-state index contributed by atoms with van der Waals surface area (Å²) < 4.78 is 12.0. The van der Waals surface area contributed by atoms with Crippen molar-refractivity contribution >= 4 is 40.0 Å². The highest BCUT2D eigenvalue weighted by Crippen LogP contribution is 2.39. The number of ether oxygens (including phenoxy) is 2. The van der Waals surface area contributed by atoms with Crippen LogP contribution >= 0.6 is 23.1 Å². The second-order valence-corrected chi connectivity index (χ2v) is 9.42. The molecule has 8 nitrogen and oxygen atoms in total. The van der Waals surface area contributed by atoms with Gasteiger partial charge in [0.15, 0.2) is 5.16 Å². The van der Waals surface area contributed by atoms with E-state index in [4.69, 9.17) is 9.47 Å². The average molecular weight is 473 g/mol. The maximum absolute atomic E-state index is 12.6. The molecule has 0 radical (unpaired) electrons. The number of anilines is 1. The highest BCUT2D eigenvalue weighted by Gasteiger charge is 2.28. The van der Waals surface area contributed by atoms with Gasteiger partial charge in [-0.25, -0.2) is 4.79 Å². The van der Waals surface area contributed by atoms with E-state index in [0.29, 0.717) is 22.1 Å². The number of fused-ring (bicyclic) bond motifs is 1. The van der Waals surface area contributed by atoms with Gasteiger partial charge in [-0.2, -0.15) is 0 Å². The Balaban J connectivity index is 1.38. The van der Waals surface area contributed by atoms with Gasteiger partial charge in [0.2, 0.25) is 5.91 Å². The third-order valence-corrected chi connectivity index (χ3v) is 7.57. The van der Waals surface area contributed by atoms with Gasteiger partial charge < -0.3 is 19.4 Å². The number of nitrogens with zero attached hydrogens (tertiary/aromatic N) is 3. The standard InChI is InChI=1S/C22H24N4O4S2/c1-26-17(11-13-7-9-14(29-2)10-8-13)24-25-22(26)31-12-18(27)23-20-19(21(28)30-3)15-5-4-6-16(15)32-20/h7-10H,4-6,11-12H2,1-3H3,(H,23,27). The normalized spacial score (nSPS) is 12.5. The maximum atomic E-state index is 12.6. The molecule has 1 aliphatic rings. The number of thiophene rings is 1. The highest BCUT2D eigenvalue weighted by atomic mass is 32.2. The summed E-state index contributed by atoms with van der Waals surface area (Å²) in [5.41, 5.74) is 2.61. The lowest BCUT2D eigenvalue weighted by Gasteiger charge is -2.07. The largest absolute Gasteiger partial charge is 0.497 e. The molecule has 0 saturated heterocycles. The van der Waals surface area contributed by atoms with Crippen LogP contribution in [0.4, 0.5) is 5.00 Å². The minimum absolute atomic E-state index is 0.164. The summed E-state index contributed by atoms with van der Waals surface area (Å²) >= 11 is 2.78. The number of esters is 1. The number of hydrogen-bond donors (Lipinski definition) is 1. The van der Waals surface area contributed by atoms with Gasteiger partial charge in [0.1, 0.15) is 16.6 Å². The number of carbonyl (C=O) groups is 2. The fourth-order valence-electron chi connectivity index (χ4n) is 3.65. The average Bonchev–Trinajstić information content (AvgIpc) is 3.48. The molecule has 168 valence electrons. The van der Waals surface area contributed by atoms with Crippen LogP contribution in [0.25, 0.3) is 0 Å². The Kier molecular flexibility index (Phi) is 6.80. The second kappa shape index (κ2) is 9.74. The molecule has 0 fully saturated rings. The molecule has 0 aliphatic heterocycles. The van der Waals surface area contributed by atoms with Crippen molar-refractivity contribution in [2.75, 3.05) is 25.3 Å². The SMILES string of the molecule is COC(=O)c1c(NC(=O)CSc2nnc(Cc3ccc(OC)cc3)n2C)sc2c1CCC2. The molecule has 0 atom stereocenters. The van der Waals surface area contributed by atoms with Crippen LogP contribution in [0.2, 0.25) is 0 Å². The summed E-state index contributed by atoms with van der Waals surface area (Å²) in [4.78, 5) is 26.0. The Labute approximate surface area is 194 Å². The predicted octanol–water partition coefficient (Wildman–Crippen LogP) is 3.48. The van der Waals surface area contributed by atoms with E-state index in [1.165, 1.54) is 30.2 Å². The first-order valence-electron chi connectivity index (χ1n) is 10.2. The zero-order valence-electron chi connectivity index (χ0n) is 18.1. The van der Waals surface area contributed by atoms with Gasteiger partial charge in [0.05, 0.1) is 25.5 Å². The van der Waals surface area contributed by atoms with Gasteiger partial charge in [-0.05, 0) is 42.5 Å². The Bertz CT molecular complexity index is 1140. The number of nitrogens with one attached hydrogen (secondary N) is 1. The quantitative estimate of drug-likeness (QED) is 0.396. The highest BCUT2D eigenvalue weighted by molar-refractivity contribution is 7.99. The summed E-state index contributed by atoms with van der Waals surface area (Å²) in [5.74, 6) is 1.18. The number of rotatable bonds is 8. The van der Waals surface area contributed by atoms with Crippen molar-refractivity contribution in [1.29, 1.82) is 0 Å². The number of hydrogen-bond acceptors (Lipinski definition) is 8. The van der Waals surface area contributed by atoms with E-state index in [2.05, 4.69) is 15.5 Å². The van der Waals surface area contributed by atoms with E-state index in [1.807, 2.05) is 35.9 Å². The lowest BCUT2D eigenvalue weighted by molar-refractivity contribution is -0.113. The van der Waals surface area contributed by atoms with Crippen molar-refractivity contribution < 1.29 is 19.1 Å². The first-order valence-corrected chi connectivity index (χ1v) is 12.0. The summed E-state index contributed by atoms with van der Waals surface area (Å²) in [6.07, 6.45) is 3.44. The molecule has 3 aromatic rings. The molecule has 1 N–H and O–H groups in total. The molecule has 1 aliphatic carbocycles. The Morgan fingerprint density at radius 3 is 2.69 bits per heavy atom. The Morgan fingerprint density at radius 2 is 1.97 bits per heavy atom. The number of amides is 1. The lowest BCUT2D eigenvalue weighted by Crippen LogP contribution is -2.16. The molecule has 1 aromatic carbocycles. The van der Waals surface area contributed by atoms with Gasteiger partial charge in [0, 0.05) is 18.3 Å². The van der Waals surface area contributed by atoms with Crippen molar-refractivity contribution in [2.24, 2.45) is 7.05 Å². The third kappa shape index (κ3) is 4.66. The molecule has 4 rings (SSSR count). The molecule has 0 unspecified atom stereocenters. The van der Waals surface area contributed by atoms with E-state index in [1.54, 1.807) is 7.11 Å². The fraction of sp³-hybridized carbons (Fsp3) is 0.364. The van der Waals surface area contributed by atoms with E-state index >= 15 is 0 Å². The van der Waals surface area contributed by atoms with Crippen LogP contribution in [0.1, 0.15) is 38.6 Å². The van der Waals surface area contributed by atoms with Gasteiger partial charge in [-0.15, -0.1) is 21.5 Å². The summed E-state index contributed by atoms with van der Waals surface area (Å²) in [7, 11) is 4.89. The zero-order chi connectivity index (χ0) is 22.7. The minimum Gasteiger partial charge on any atom is -0.497 e. The van der Waals surface area contributed by atoms with Crippen molar-refractivity contribution in [3.63, 3.8) is 0 Å². The Morgan fingerprint density at radius 1 is 1.19 bits per heavy atom. The molecule has 2 aromatic heterocycles. The number of aromatic nitrogens is 3. The van der Waals surface area contributed by atoms with Crippen LogP contribution in [0.15, 0.2) is 29.4 Å². The number of carbonyl (C=O) groups excluding carboxylic acids is 2. The van der Waals surface area contributed by atoms with E-state index in [9.17, 15) is 9.59 Å². The topological polar surface area (TPSA) is 95.3 Å². The van der Waals surface area contributed by atoms with Crippen molar-refractivity contribution in [2.45, 2.75) is 30.8 Å². The minimum atomic E-state index is -0.399. The maximum Gasteiger partial charge on any atom is 0.341 e. The van der Waals surface area contributed by atoms with Crippen molar-refractivity contribution in [1.82, 2.24) is 14.8 Å². The molecular formula is C22H24N4O4S2. The van der Waals surface area contributed by atoms with Crippen LogP contribution in [-0.4, -0.2) is 46.6 Å². The summed E-state index contributed by atoms with van der Waals surface area (Å²) in [6, 6.07) is 7.81. The van der Waals surface area contributed by atoms with Crippen LogP contribution in [0.5, 0.6) is 5.75 Å². The third-order valence-electron chi connectivity index (χ3n) is 5.34. The Hall–Kier alpha value is -2.85. The zero-order valence-corrected chi connectivity index (χ0v) is 19.8. The van der Waals surface area contributed by atoms with Crippen LogP contribution in [-0.2, 0) is 35.8 Å². The van der Waals surface area contributed by atoms with Crippen molar-refractivity contribution in [3.8, 4) is 5.75 Å².